The summed E-state index contributed by atoms with van der Waals surface area (Å²) in [5.41, 5.74) is 0. The summed E-state index contributed by atoms with van der Waals surface area (Å²) in [7, 11) is -3.08. The highest BCUT2D eigenvalue weighted by Crippen LogP contribution is 2.34. The van der Waals surface area contributed by atoms with Crippen LogP contribution in [0.2, 0.25) is 0 Å². The van der Waals surface area contributed by atoms with Crippen LogP contribution in [0.3, 0.4) is 0 Å². The maximum absolute atomic E-state index is 12.2. The van der Waals surface area contributed by atoms with Crippen molar-refractivity contribution < 1.29 is 22.8 Å². The van der Waals surface area contributed by atoms with Gasteiger partial charge in [-0.1, -0.05) is 12.2 Å². The van der Waals surface area contributed by atoms with Crippen LogP contribution in [0.5, 0.6) is 0 Å². The molecule has 0 spiro atoms. The number of rotatable bonds is 3. The summed E-state index contributed by atoms with van der Waals surface area (Å²) in [6.07, 6.45) is 5.23. The first-order valence-electron chi connectivity index (χ1n) is 7.37. The number of nitrogens with one attached hydrogen (secondary N) is 1. The summed E-state index contributed by atoms with van der Waals surface area (Å²) in [4.78, 5) is 37.5. The lowest BCUT2D eigenvalue weighted by Gasteiger charge is -2.16. The van der Waals surface area contributed by atoms with Crippen molar-refractivity contribution in [3.63, 3.8) is 0 Å². The van der Waals surface area contributed by atoms with Gasteiger partial charge < -0.3 is 5.32 Å². The molecule has 0 unspecified atom stereocenters. The van der Waals surface area contributed by atoms with Crippen LogP contribution >= 0.6 is 0 Å². The van der Waals surface area contributed by atoms with E-state index < -0.39 is 21.8 Å². The van der Waals surface area contributed by atoms with Gasteiger partial charge in [-0.3, -0.25) is 19.3 Å². The van der Waals surface area contributed by atoms with Crippen molar-refractivity contribution >= 4 is 27.6 Å². The predicted molar refractivity (Wildman–Crippen MR) is 77.3 cm³/mol. The molecule has 3 amide bonds. The highest BCUT2D eigenvalue weighted by Gasteiger charge is 2.47. The second kappa shape index (κ2) is 5.49. The molecule has 0 aromatic rings. The van der Waals surface area contributed by atoms with E-state index in [1.54, 1.807) is 0 Å². The van der Waals surface area contributed by atoms with Crippen molar-refractivity contribution in [2.45, 2.75) is 25.3 Å². The van der Waals surface area contributed by atoms with E-state index >= 15 is 0 Å². The zero-order valence-corrected chi connectivity index (χ0v) is 12.8. The Morgan fingerprint density at radius 1 is 1.18 bits per heavy atom. The van der Waals surface area contributed by atoms with E-state index in [0.717, 1.165) is 4.90 Å². The van der Waals surface area contributed by atoms with Crippen LogP contribution in [0.4, 0.5) is 0 Å². The number of nitrogens with zero attached hydrogens (tertiary/aromatic N) is 1. The fraction of sp³-hybridized carbons (Fsp3) is 0.643. The van der Waals surface area contributed by atoms with Crippen LogP contribution < -0.4 is 5.32 Å². The van der Waals surface area contributed by atoms with Crippen LogP contribution in [0.25, 0.3) is 0 Å². The Labute approximate surface area is 128 Å². The summed E-state index contributed by atoms with van der Waals surface area (Å²) in [6.45, 7) is -0.318. The summed E-state index contributed by atoms with van der Waals surface area (Å²) in [5.74, 6) is -1.78. The number of carbonyl (C=O) groups excluding carboxylic acids is 3. The molecule has 0 aromatic heterocycles. The van der Waals surface area contributed by atoms with Gasteiger partial charge in [-0.25, -0.2) is 8.42 Å². The van der Waals surface area contributed by atoms with E-state index in [-0.39, 0.29) is 41.7 Å². The molecule has 2 fully saturated rings. The normalized spacial score (nSPS) is 33.1. The van der Waals surface area contributed by atoms with Crippen LogP contribution in [0, 0.1) is 11.8 Å². The average molecular weight is 326 g/mol. The number of imide groups is 1. The third-order valence-electron chi connectivity index (χ3n) is 4.50. The summed E-state index contributed by atoms with van der Waals surface area (Å²) < 4.78 is 22.7. The van der Waals surface area contributed by atoms with Gasteiger partial charge in [-0.15, -0.1) is 0 Å². The molecule has 2 heterocycles. The molecule has 3 aliphatic rings. The van der Waals surface area contributed by atoms with Crippen molar-refractivity contribution in [2.24, 2.45) is 11.8 Å². The smallest absolute Gasteiger partial charge is 0.240 e. The standard InChI is InChI=1S/C14H18N2O5S/c17-12(15-9-5-6-22(20,21)8-9)7-16-13(18)10-3-1-2-4-11(10)14(16)19/h1-2,9-11H,3-8H2,(H,15,17)/t9-,10-,11+/m0/s1. The monoisotopic (exact) mass is 326 g/mol. The Morgan fingerprint density at radius 2 is 1.77 bits per heavy atom. The van der Waals surface area contributed by atoms with Crippen LogP contribution in [0.1, 0.15) is 19.3 Å². The zero-order chi connectivity index (χ0) is 15.9. The number of allylic oxidation sites excluding steroid dienone is 2. The Hall–Kier alpha value is -1.70. The summed E-state index contributed by atoms with van der Waals surface area (Å²) in [5, 5.41) is 2.60. The zero-order valence-electron chi connectivity index (χ0n) is 12.0. The second-order valence-corrected chi connectivity index (χ2v) is 8.31. The van der Waals surface area contributed by atoms with Gasteiger partial charge in [0.2, 0.25) is 17.7 Å². The molecule has 2 aliphatic heterocycles. The molecule has 7 nitrogen and oxygen atoms in total. The molecule has 3 rings (SSSR count). The van der Waals surface area contributed by atoms with E-state index in [9.17, 15) is 22.8 Å². The molecule has 1 aliphatic carbocycles. The van der Waals surface area contributed by atoms with Crippen LogP contribution in [-0.2, 0) is 24.2 Å². The minimum atomic E-state index is -3.08. The van der Waals surface area contributed by atoms with E-state index in [1.807, 2.05) is 12.2 Å². The minimum Gasteiger partial charge on any atom is -0.351 e. The van der Waals surface area contributed by atoms with E-state index in [2.05, 4.69) is 5.32 Å². The van der Waals surface area contributed by atoms with Crippen molar-refractivity contribution in [3.8, 4) is 0 Å². The molecule has 2 saturated heterocycles. The highest BCUT2D eigenvalue weighted by molar-refractivity contribution is 7.91. The first kappa shape index (κ1) is 15.2. The Bertz CT molecular complexity index is 628. The van der Waals surface area contributed by atoms with Gasteiger partial charge in [0.25, 0.3) is 0 Å². The predicted octanol–water partition coefficient (Wildman–Crippen LogP) is -0.759. The minimum absolute atomic E-state index is 0.0648. The fourth-order valence-corrected chi connectivity index (χ4v) is 5.02. The number of fused-ring (bicyclic) bond motifs is 1. The van der Waals surface area contributed by atoms with Gasteiger partial charge >= 0.3 is 0 Å². The quantitative estimate of drug-likeness (QED) is 0.543. The van der Waals surface area contributed by atoms with Crippen LogP contribution in [0.15, 0.2) is 12.2 Å². The third-order valence-corrected chi connectivity index (χ3v) is 6.27. The molecule has 0 radical (unpaired) electrons. The molecule has 1 N–H and O–H groups in total. The molecule has 0 bridgehead atoms. The van der Waals surface area contributed by atoms with Crippen molar-refractivity contribution in [3.05, 3.63) is 12.2 Å². The van der Waals surface area contributed by atoms with Gasteiger partial charge in [0.05, 0.1) is 23.3 Å². The lowest BCUT2D eigenvalue weighted by atomic mass is 9.85. The largest absolute Gasteiger partial charge is 0.351 e. The number of carbonyl (C=O) groups is 3. The second-order valence-electron chi connectivity index (χ2n) is 6.09. The van der Waals surface area contributed by atoms with Gasteiger partial charge in [-0.2, -0.15) is 0 Å². The number of hydrogen-bond acceptors (Lipinski definition) is 5. The van der Waals surface area contributed by atoms with Crippen LogP contribution in [-0.4, -0.2) is 55.1 Å². The lowest BCUT2D eigenvalue weighted by Crippen LogP contribution is -2.44. The van der Waals surface area contributed by atoms with Gasteiger partial charge in [-0.05, 0) is 19.3 Å². The van der Waals surface area contributed by atoms with Gasteiger partial charge in [0, 0.05) is 6.04 Å². The first-order chi connectivity index (χ1) is 10.4. The van der Waals surface area contributed by atoms with Gasteiger partial charge in [0.1, 0.15) is 6.54 Å². The van der Waals surface area contributed by atoms with Crippen molar-refractivity contribution in [2.75, 3.05) is 18.1 Å². The molecule has 120 valence electrons. The van der Waals surface area contributed by atoms with E-state index in [4.69, 9.17) is 0 Å². The molecular weight excluding hydrogens is 308 g/mol. The number of hydrogen-bond donors (Lipinski definition) is 1. The number of likely N-dealkylation sites (tertiary alicyclic amines) is 1. The topological polar surface area (TPSA) is 101 Å². The Kier molecular flexibility index (Phi) is 3.80. The summed E-state index contributed by atoms with van der Waals surface area (Å²) in [6, 6.07) is -0.422. The molecule has 8 heteroatoms. The molecule has 0 aromatic carbocycles. The van der Waals surface area contributed by atoms with Crippen molar-refractivity contribution in [1.82, 2.24) is 10.2 Å². The first-order valence-corrected chi connectivity index (χ1v) is 9.19. The molecule has 22 heavy (non-hydrogen) atoms. The summed E-state index contributed by atoms with van der Waals surface area (Å²) >= 11 is 0. The van der Waals surface area contributed by atoms with Crippen molar-refractivity contribution in [1.29, 1.82) is 0 Å². The van der Waals surface area contributed by atoms with E-state index in [0.29, 0.717) is 19.3 Å². The molecule has 3 atom stereocenters. The number of amides is 3. The maximum Gasteiger partial charge on any atom is 0.240 e. The third kappa shape index (κ3) is 2.79. The SMILES string of the molecule is O=C(CN1C(=O)[C@H]2CC=CC[C@H]2C1=O)N[C@H]1CCS(=O)(=O)C1. The Balaban J connectivity index is 1.60. The fourth-order valence-electron chi connectivity index (χ4n) is 3.35. The maximum atomic E-state index is 12.2. The van der Waals surface area contributed by atoms with Gasteiger partial charge in [0.15, 0.2) is 9.84 Å². The number of sulfone groups is 1. The highest BCUT2D eigenvalue weighted by atomic mass is 32.2. The molecule has 0 saturated carbocycles. The molecular formula is C14H18N2O5S. The average Bonchev–Trinajstić information content (AvgIpc) is 2.92. The lowest BCUT2D eigenvalue weighted by molar-refractivity contribution is -0.143. The Morgan fingerprint density at radius 3 is 2.27 bits per heavy atom. The van der Waals surface area contributed by atoms with E-state index in [1.165, 1.54) is 0 Å².